The molecule has 100 valence electrons. The van der Waals surface area contributed by atoms with Crippen molar-refractivity contribution in [3.63, 3.8) is 0 Å². The number of rotatable bonds is 2. The molecule has 3 rings (SSSR count). The molecule has 1 saturated carbocycles. The Morgan fingerprint density at radius 1 is 1.26 bits per heavy atom. The van der Waals surface area contributed by atoms with Gasteiger partial charge in [0, 0.05) is 11.6 Å². The van der Waals surface area contributed by atoms with Crippen molar-refractivity contribution in [2.45, 2.75) is 31.4 Å². The normalized spacial score (nSPS) is 22.8. The summed E-state index contributed by atoms with van der Waals surface area (Å²) >= 11 is 0. The van der Waals surface area contributed by atoms with Gasteiger partial charge in [-0.1, -0.05) is 0 Å². The highest BCUT2D eigenvalue weighted by Gasteiger charge is 2.29. The second-order valence-electron chi connectivity index (χ2n) is 4.97. The van der Waals surface area contributed by atoms with E-state index in [-0.39, 0.29) is 18.0 Å². The lowest BCUT2D eigenvalue weighted by Gasteiger charge is -2.16. The van der Waals surface area contributed by atoms with Gasteiger partial charge in [0.1, 0.15) is 11.6 Å². The molecule has 1 heterocycles. The molecule has 0 aliphatic heterocycles. The SMILES string of the molecule is Nc1cc(-c2ccc(F)cc2)nn1C1CCCC1O. The predicted octanol–water partition coefficient (Wildman–Crippen LogP) is 2.36. The first-order valence-electron chi connectivity index (χ1n) is 6.44. The molecule has 2 aromatic rings. The molecule has 1 aromatic heterocycles. The van der Waals surface area contributed by atoms with E-state index in [0.29, 0.717) is 11.5 Å². The fraction of sp³-hybridized carbons (Fsp3) is 0.357. The van der Waals surface area contributed by atoms with Crippen LogP contribution in [-0.4, -0.2) is 21.0 Å². The van der Waals surface area contributed by atoms with Crippen molar-refractivity contribution < 1.29 is 9.50 Å². The summed E-state index contributed by atoms with van der Waals surface area (Å²) < 4.78 is 14.6. The Hall–Kier alpha value is -1.88. The molecule has 0 saturated heterocycles. The molecule has 0 radical (unpaired) electrons. The Morgan fingerprint density at radius 2 is 2.00 bits per heavy atom. The Labute approximate surface area is 110 Å². The van der Waals surface area contributed by atoms with Gasteiger partial charge < -0.3 is 10.8 Å². The molecule has 19 heavy (non-hydrogen) atoms. The van der Waals surface area contributed by atoms with Crippen molar-refractivity contribution in [3.05, 3.63) is 36.1 Å². The van der Waals surface area contributed by atoms with E-state index >= 15 is 0 Å². The number of halogens is 1. The largest absolute Gasteiger partial charge is 0.391 e. The summed E-state index contributed by atoms with van der Waals surface area (Å²) in [4.78, 5) is 0. The average Bonchev–Trinajstić information content (AvgIpc) is 2.96. The molecule has 0 bridgehead atoms. The number of nitrogen functional groups attached to an aromatic ring is 1. The van der Waals surface area contributed by atoms with Crippen LogP contribution in [0.2, 0.25) is 0 Å². The van der Waals surface area contributed by atoms with Gasteiger partial charge >= 0.3 is 0 Å². The zero-order chi connectivity index (χ0) is 13.4. The smallest absolute Gasteiger partial charge is 0.123 e. The number of aliphatic hydroxyl groups is 1. The first-order valence-corrected chi connectivity index (χ1v) is 6.44. The highest BCUT2D eigenvalue weighted by atomic mass is 19.1. The van der Waals surface area contributed by atoms with Crippen LogP contribution in [0, 0.1) is 5.82 Å². The van der Waals surface area contributed by atoms with Crippen LogP contribution < -0.4 is 5.73 Å². The summed E-state index contributed by atoms with van der Waals surface area (Å²) in [6.07, 6.45) is 2.27. The van der Waals surface area contributed by atoms with Crippen LogP contribution >= 0.6 is 0 Å². The molecule has 0 spiro atoms. The van der Waals surface area contributed by atoms with Crippen LogP contribution in [0.4, 0.5) is 10.2 Å². The van der Waals surface area contributed by atoms with Gasteiger partial charge in [0.05, 0.1) is 17.8 Å². The van der Waals surface area contributed by atoms with Gasteiger partial charge in [-0.3, -0.25) is 0 Å². The van der Waals surface area contributed by atoms with Gasteiger partial charge in [-0.15, -0.1) is 0 Å². The van der Waals surface area contributed by atoms with E-state index in [9.17, 15) is 9.50 Å². The molecule has 1 fully saturated rings. The third-order valence-corrected chi connectivity index (χ3v) is 3.66. The van der Waals surface area contributed by atoms with Gasteiger partial charge in [0.25, 0.3) is 0 Å². The van der Waals surface area contributed by atoms with Crippen LogP contribution in [0.25, 0.3) is 11.3 Å². The maximum atomic E-state index is 12.9. The molecule has 4 nitrogen and oxygen atoms in total. The molecular weight excluding hydrogens is 245 g/mol. The number of hydrogen-bond acceptors (Lipinski definition) is 3. The lowest BCUT2D eigenvalue weighted by atomic mass is 10.1. The fourth-order valence-electron chi connectivity index (χ4n) is 2.64. The Bertz CT molecular complexity index is 579. The molecule has 1 aliphatic rings. The van der Waals surface area contributed by atoms with Crippen LogP contribution in [0.3, 0.4) is 0 Å². The minimum atomic E-state index is -0.386. The Morgan fingerprint density at radius 3 is 2.63 bits per heavy atom. The summed E-state index contributed by atoms with van der Waals surface area (Å²) in [5.41, 5.74) is 7.49. The van der Waals surface area contributed by atoms with Gasteiger partial charge in [-0.2, -0.15) is 5.10 Å². The van der Waals surface area contributed by atoms with Crippen molar-refractivity contribution in [3.8, 4) is 11.3 Å². The topological polar surface area (TPSA) is 64.1 Å². The van der Waals surface area contributed by atoms with Crippen LogP contribution in [-0.2, 0) is 0 Å². The second-order valence-corrected chi connectivity index (χ2v) is 4.97. The van der Waals surface area contributed by atoms with Crippen molar-refractivity contribution in [2.24, 2.45) is 0 Å². The predicted molar refractivity (Wildman–Crippen MR) is 70.9 cm³/mol. The molecule has 1 aromatic carbocycles. The summed E-state index contributed by atoms with van der Waals surface area (Å²) in [7, 11) is 0. The first kappa shape index (κ1) is 12.2. The average molecular weight is 261 g/mol. The number of aliphatic hydroxyl groups excluding tert-OH is 1. The summed E-state index contributed by atoms with van der Waals surface area (Å²) in [5, 5.41) is 14.4. The van der Waals surface area contributed by atoms with E-state index in [1.165, 1.54) is 12.1 Å². The van der Waals surface area contributed by atoms with Crippen LogP contribution in [0.1, 0.15) is 25.3 Å². The molecular formula is C14H16FN3O. The van der Waals surface area contributed by atoms with Gasteiger partial charge in [0.2, 0.25) is 0 Å². The van der Waals surface area contributed by atoms with Crippen molar-refractivity contribution in [2.75, 3.05) is 5.73 Å². The van der Waals surface area contributed by atoms with E-state index in [1.54, 1.807) is 22.9 Å². The van der Waals surface area contributed by atoms with E-state index < -0.39 is 0 Å². The fourth-order valence-corrected chi connectivity index (χ4v) is 2.64. The van der Waals surface area contributed by atoms with Crippen molar-refractivity contribution in [1.29, 1.82) is 0 Å². The number of nitrogens with two attached hydrogens (primary N) is 1. The minimum absolute atomic E-state index is 0.0470. The lowest BCUT2D eigenvalue weighted by Crippen LogP contribution is -2.20. The number of hydrogen-bond donors (Lipinski definition) is 2. The summed E-state index contributed by atoms with van der Waals surface area (Å²) in [6, 6.07) is 7.86. The van der Waals surface area contributed by atoms with E-state index in [1.807, 2.05) is 0 Å². The lowest BCUT2D eigenvalue weighted by molar-refractivity contribution is 0.131. The quantitative estimate of drug-likeness (QED) is 0.872. The highest BCUT2D eigenvalue weighted by molar-refractivity contribution is 5.62. The monoisotopic (exact) mass is 261 g/mol. The zero-order valence-corrected chi connectivity index (χ0v) is 10.5. The minimum Gasteiger partial charge on any atom is -0.391 e. The standard InChI is InChI=1S/C14H16FN3O/c15-10-6-4-9(5-7-10)11-8-14(16)18(17-11)12-2-1-3-13(12)19/h4-8,12-13,19H,1-3,16H2. The highest BCUT2D eigenvalue weighted by Crippen LogP contribution is 2.33. The summed E-state index contributed by atoms with van der Waals surface area (Å²) in [6.45, 7) is 0. The molecule has 3 N–H and O–H groups in total. The zero-order valence-electron chi connectivity index (χ0n) is 10.5. The molecule has 2 atom stereocenters. The number of aromatic nitrogens is 2. The van der Waals surface area contributed by atoms with Crippen LogP contribution in [0.5, 0.6) is 0 Å². The maximum Gasteiger partial charge on any atom is 0.123 e. The van der Waals surface area contributed by atoms with E-state index in [2.05, 4.69) is 5.10 Å². The number of nitrogens with zero attached hydrogens (tertiary/aromatic N) is 2. The van der Waals surface area contributed by atoms with Gasteiger partial charge in [-0.05, 0) is 43.5 Å². The molecule has 0 amide bonds. The Balaban J connectivity index is 1.94. The molecule has 2 unspecified atom stereocenters. The van der Waals surface area contributed by atoms with Gasteiger partial charge in [-0.25, -0.2) is 9.07 Å². The van der Waals surface area contributed by atoms with Crippen molar-refractivity contribution >= 4 is 5.82 Å². The van der Waals surface area contributed by atoms with Crippen LogP contribution in [0.15, 0.2) is 30.3 Å². The first-order chi connectivity index (χ1) is 9.15. The third-order valence-electron chi connectivity index (χ3n) is 3.66. The van der Waals surface area contributed by atoms with Gasteiger partial charge in [0.15, 0.2) is 0 Å². The maximum absolute atomic E-state index is 12.9. The molecule has 1 aliphatic carbocycles. The Kier molecular flexibility index (Phi) is 2.98. The molecule has 5 heteroatoms. The third kappa shape index (κ3) is 2.21. The number of benzene rings is 1. The van der Waals surface area contributed by atoms with Crippen molar-refractivity contribution in [1.82, 2.24) is 9.78 Å². The number of anilines is 1. The van der Waals surface area contributed by atoms with E-state index in [4.69, 9.17) is 5.73 Å². The second kappa shape index (κ2) is 4.66. The van der Waals surface area contributed by atoms with E-state index in [0.717, 1.165) is 24.8 Å². The summed E-state index contributed by atoms with van der Waals surface area (Å²) in [5.74, 6) is 0.257.